The van der Waals surface area contributed by atoms with Crippen LogP contribution in [0, 0.1) is 0 Å². The molecule has 3 aromatic heterocycles. The van der Waals surface area contributed by atoms with Crippen molar-refractivity contribution < 1.29 is 9.21 Å². The van der Waals surface area contributed by atoms with Crippen molar-refractivity contribution in [1.82, 2.24) is 20.1 Å². The fourth-order valence-electron chi connectivity index (χ4n) is 2.06. The maximum absolute atomic E-state index is 11.9. The lowest BCUT2D eigenvalue weighted by Gasteiger charge is -2.07. The van der Waals surface area contributed by atoms with Gasteiger partial charge in [0.1, 0.15) is 12.3 Å². The molecule has 7 heteroatoms. The van der Waals surface area contributed by atoms with Gasteiger partial charge in [-0.25, -0.2) is 4.68 Å². The highest BCUT2D eigenvalue weighted by Crippen LogP contribution is 2.19. The highest BCUT2D eigenvalue weighted by Gasteiger charge is 2.06. The maximum Gasteiger partial charge on any atom is 0.267 e. The molecule has 0 unspecified atom stereocenters. The first kappa shape index (κ1) is 14.7. The van der Waals surface area contributed by atoms with Crippen LogP contribution >= 0.6 is 0 Å². The van der Waals surface area contributed by atoms with Crippen LogP contribution in [0.1, 0.15) is 5.56 Å². The van der Waals surface area contributed by atoms with Gasteiger partial charge in [-0.05, 0) is 29.8 Å². The van der Waals surface area contributed by atoms with Crippen molar-refractivity contribution in [3.63, 3.8) is 0 Å². The zero-order valence-corrected chi connectivity index (χ0v) is 12.2. The van der Waals surface area contributed by atoms with Gasteiger partial charge in [-0.3, -0.25) is 14.6 Å². The van der Waals surface area contributed by atoms with Crippen LogP contribution < -0.4 is 10.9 Å². The molecule has 0 aliphatic carbocycles. The van der Waals surface area contributed by atoms with Gasteiger partial charge in [0.2, 0.25) is 5.91 Å². The van der Waals surface area contributed by atoms with Crippen LogP contribution in [-0.4, -0.2) is 20.7 Å². The van der Waals surface area contributed by atoms with E-state index in [4.69, 9.17) is 4.42 Å². The Hall–Kier alpha value is -3.22. The van der Waals surface area contributed by atoms with E-state index in [-0.39, 0.29) is 18.0 Å². The summed E-state index contributed by atoms with van der Waals surface area (Å²) in [5, 5.41) is 6.58. The Labute approximate surface area is 131 Å². The monoisotopic (exact) mass is 310 g/mol. The van der Waals surface area contributed by atoms with Crippen molar-refractivity contribution in [2.45, 2.75) is 13.1 Å². The summed E-state index contributed by atoms with van der Waals surface area (Å²) in [6.07, 6.45) is 6.41. The van der Waals surface area contributed by atoms with Crippen molar-refractivity contribution in [3.8, 4) is 11.3 Å². The summed E-state index contributed by atoms with van der Waals surface area (Å²) in [5.74, 6) is 0.417. The van der Waals surface area contributed by atoms with Gasteiger partial charge in [0, 0.05) is 36.8 Å². The van der Waals surface area contributed by atoms with Crippen LogP contribution in [-0.2, 0) is 17.9 Å². The van der Waals surface area contributed by atoms with Crippen molar-refractivity contribution in [3.05, 3.63) is 71.1 Å². The van der Waals surface area contributed by atoms with Gasteiger partial charge in [-0.1, -0.05) is 0 Å². The number of carbonyl (C=O) groups excluding carboxylic acids is 1. The van der Waals surface area contributed by atoms with Crippen LogP contribution in [0.2, 0.25) is 0 Å². The molecule has 7 nitrogen and oxygen atoms in total. The van der Waals surface area contributed by atoms with E-state index in [1.54, 1.807) is 24.7 Å². The molecule has 0 bridgehead atoms. The standard InChI is InChI=1S/C16H14N4O3/c21-15(11-20-16(22)4-1-5-19-20)18-9-12-7-13(10-17-8-12)14-3-2-6-23-14/h1-8,10H,9,11H2,(H,18,21). The fraction of sp³-hybridized carbons (Fsp3) is 0.125. The molecule has 0 fully saturated rings. The normalized spacial score (nSPS) is 10.4. The number of amides is 1. The first-order chi connectivity index (χ1) is 11.2. The molecule has 116 valence electrons. The summed E-state index contributed by atoms with van der Waals surface area (Å²) in [7, 11) is 0. The Bertz CT molecular complexity index is 856. The summed E-state index contributed by atoms with van der Waals surface area (Å²) in [6.45, 7) is 0.187. The molecule has 23 heavy (non-hydrogen) atoms. The maximum atomic E-state index is 11.9. The van der Waals surface area contributed by atoms with E-state index < -0.39 is 0 Å². The molecule has 1 N–H and O–H groups in total. The van der Waals surface area contributed by atoms with Crippen molar-refractivity contribution in [1.29, 1.82) is 0 Å². The van der Waals surface area contributed by atoms with Gasteiger partial charge >= 0.3 is 0 Å². The molecular weight excluding hydrogens is 296 g/mol. The third-order valence-corrected chi connectivity index (χ3v) is 3.17. The predicted molar refractivity (Wildman–Crippen MR) is 82.3 cm³/mol. The Morgan fingerprint density at radius 2 is 2.17 bits per heavy atom. The summed E-state index contributed by atoms with van der Waals surface area (Å²) < 4.78 is 6.42. The lowest BCUT2D eigenvalue weighted by atomic mass is 10.1. The zero-order valence-electron chi connectivity index (χ0n) is 12.2. The molecule has 0 saturated heterocycles. The fourth-order valence-corrected chi connectivity index (χ4v) is 2.06. The molecule has 3 aromatic rings. The zero-order chi connectivity index (χ0) is 16.1. The molecule has 0 atom stereocenters. The summed E-state index contributed by atoms with van der Waals surface area (Å²) in [4.78, 5) is 27.5. The van der Waals surface area contributed by atoms with E-state index in [1.807, 2.05) is 12.1 Å². The van der Waals surface area contributed by atoms with Crippen LogP contribution in [0.5, 0.6) is 0 Å². The molecule has 0 saturated carbocycles. The topological polar surface area (TPSA) is 90.0 Å². The van der Waals surface area contributed by atoms with Gasteiger partial charge < -0.3 is 9.73 Å². The number of rotatable bonds is 5. The first-order valence-electron chi connectivity index (χ1n) is 6.99. The first-order valence-corrected chi connectivity index (χ1v) is 6.99. The number of hydrogen-bond donors (Lipinski definition) is 1. The molecule has 0 spiro atoms. The molecule has 3 heterocycles. The number of hydrogen-bond acceptors (Lipinski definition) is 5. The minimum atomic E-state index is -0.316. The second-order valence-corrected chi connectivity index (χ2v) is 4.86. The largest absolute Gasteiger partial charge is 0.464 e. The van der Waals surface area contributed by atoms with E-state index in [2.05, 4.69) is 15.4 Å². The molecule has 0 radical (unpaired) electrons. The van der Waals surface area contributed by atoms with Gasteiger partial charge in [-0.15, -0.1) is 0 Å². The van der Waals surface area contributed by atoms with Crippen LogP contribution in [0.15, 0.2) is 64.4 Å². The van der Waals surface area contributed by atoms with E-state index in [0.29, 0.717) is 12.3 Å². The molecular formula is C16H14N4O3. The Morgan fingerprint density at radius 1 is 1.26 bits per heavy atom. The van der Waals surface area contributed by atoms with E-state index >= 15 is 0 Å². The molecule has 0 aromatic carbocycles. The molecule has 0 aliphatic rings. The number of carbonyl (C=O) groups is 1. The lowest BCUT2D eigenvalue weighted by molar-refractivity contribution is -0.122. The van der Waals surface area contributed by atoms with E-state index in [0.717, 1.165) is 15.8 Å². The van der Waals surface area contributed by atoms with Crippen LogP contribution in [0.4, 0.5) is 0 Å². The second kappa shape index (κ2) is 6.69. The third kappa shape index (κ3) is 3.70. The minimum Gasteiger partial charge on any atom is -0.464 e. The number of nitrogens with zero attached hydrogens (tertiary/aromatic N) is 3. The molecule has 1 amide bonds. The van der Waals surface area contributed by atoms with Crippen molar-refractivity contribution in [2.75, 3.05) is 0 Å². The third-order valence-electron chi connectivity index (χ3n) is 3.17. The van der Waals surface area contributed by atoms with Crippen LogP contribution in [0.3, 0.4) is 0 Å². The van der Waals surface area contributed by atoms with Gasteiger partial charge in [0.15, 0.2) is 0 Å². The van der Waals surface area contributed by atoms with E-state index in [1.165, 1.54) is 18.3 Å². The number of aromatic nitrogens is 3. The summed E-state index contributed by atoms with van der Waals surface area (Å²) in [5.41, 5.74) is 1.35. The summed E-state index contributed by atoms with van der Waals surface area (Å²) >= 11 is 0. The van der Waals surface area contributed by atoms with Gasteiger partial charge in [0.05, 0.1) is 6.26 Å². The lowest BCUT2D eigenvalue weighted by Crippen LogP contribution is -2.32. The quantitative estimate of drug-likeness (QED) is 0.765. The average Bonchev–Trinajstić information content (AvgIpc) is 3.10. The highest BCUT2D eigenvalue weighted by atomic mass is 16.3. The molecule has 0 aliphatic heterocycles. The Morgan fingerprint density at radius 3 is 2.96 bits per heavy atom. The van der Waals surface area contributed by atoms with E-state index in [9.17, 15) is 9.59 Å². The van der Waals surface area contributed by atoms with Crippen LogP contribution in [0.25, 0.3) is 11.3 Å². The molecule has 3 rings (SSSR count). The SMILES string of the molecule is O=C(Cn1ncccc1=O)NCc1cncc(-c2ccco2)c1. The number of nitrogens with one attached hydrogen (secondary N) is 1. The van der Waals surface area contributed by atoms with Gasteiger partial charge in [0.25, 0.3) is 5.56 Å². The summed E-state index contributed by atoms with van der Waals surface area (Å²) in [6, 6.07) is 8.42. The Balaban J connectivity index is 1.62. The number of furan rings is 1. The predicted octanol–water partition coefficient (Wildman–Crippen LogP) is 1.21. The smallest absolute Gasteiger partial charge is 0.267 e. The highest BCUT2D eigenvalue weighted by molar-refractivity contribution is 5.75. The minimum absolute atomic E-state index is 0.120. The van der Waals surface area contributed by atoms with Crippen molar-refractivity contribution in [2.24, 2.45) is 0 Å². The average molecular weight is 310 g/mol. The van der Waals surface area contributed by atoms with Gasteiger partial charge in [-0.2, -0.15) is 5.10 Å². The van der Waals surface area contributed by atoms with Crippen molar-refractivity contribution >= 4 is 5.91 Å². The number of pyridine rings is 1. The Kier molecular flexibility index (Phi) is 4.28. The second-order valence-electron chi connectivity index (χ2n) is 4.86.